The molecule has 0 unspecified atom stereocenters. The molecule has 6 heteroatoms. The monoisotopic (exact) mass is 429 g/mol. The summed E-state index contributed by atoms with van der Waals surface area (Å²) in [6, 6.07) is 25.1. The first kappa shape index (κ1) is 21.5. The van der Waals surface area contributed by atoms with Crippen LogP contribution < -0.4 is 15.2 Å². The van der Waals surface area contributed by atoms with E-state index in [1.807, 2.05) is 93.0 Å². The Bertz CT molecular complexity index is 1180. The second-order valence-electron chi connectivity index (χ2n) is 7.73. The highest BCUT2D eigenvalue weighted by Crippen LogP contribution is 2.18. The van der Waals surface area contributed by atoms with E-state index >= 15 is 0 Å². The molecular weight excluding hydrogens is 402 g/mol. The van der Waals surface area contributed by atoms with Crippen LogP contribution in [-0.2, 0) is 6.61 Å². The maximum atomic E-state index is 13.0. The second kappa shape index (κ2) is 10.0. The van der Waals surface area contributed by atoms with E-state index in [4.69, 9.17) is 9.47 Å². The zero-order valence-electron chi connectivity index (χ0n) is 18.3. The van der Waals surface area contributed by atoms with Crippen molar-refractivity contribution in [3.8, 4) is 22.9 Å². The van der Waals surface area contributed by atoms with Crippen LogP contribution in [0.5, 0.6) is 11.5 Å². The Morgan fingerprint density at radius 1 is 0.719 bits per heavy atom. The lowest BCUT2D eigenvalue weighted by molar-refractivity contribution is 0.261. The molecule has 0 aliphatic carbocycles. The van der Waals surface area contributed by atoms with Gasteiger partial charge in [-0.3, -0.25) is 9.13 Å². The lowest BCUT2D eigenvalue weighted by Gasteiger charge is -2.11. The third-order valence-corrected chi connectivity index (χ3v) is 5.06. The molecule has 6 nitrogen and oxygen atoms in total. The van der Waals surface area contributed by atoms with E-state index in [1.165, 1.54) is 0 Å². The Labute approximate surface area is 187 Å². The number of hydrogen-bond donors (Lipinski definition) is 0. The van der Waals surface area contributed by atoms with Gasteiger partial charge in [-0.2, -0.15) is 0 Å². The minimum Gasteiger partial charge on any atom is -0.492 e. The highest BCUT2D eigenvalue weighted by atomic mass is 16.5. The zero-order chi connectivity index (χ0) is 22.3. The number of hydrogen-bond acceptors (Lipinski definition) is 4. The highest BCUT2D eigenvalue weighted by Gasteiger charge is 2.08. The Balaban J connectivity index is 1.43. The van der Waals surface area contributed by atoms with Crippen molar-refractivity contribution < 1.29 is 9.47 Å². The van der Waals surface area contributed by atoms with Gasteiger partial charge in [-0.15, -0.1) is 0 Å². The van der Waals surface area contributed by atoms with Crippen LogP contribution in [0.3, 0.4) is 0 Å². The summed E-state index contributed by atoms with van der Waals surface area (Å²) in [5, 5.41) is 0. The smallest absolute Gasteiger partial charge is 0.337 e. The molecule has 3 aromatic carbocycles. The average molecular weight is 430 g/mol. The summed E-state index contributed by atoms with van der Waals surface area (Å²) < 4.78 is 14.8. The largest absolute Gasteiger partial charge is 0.492 e. The Kier molecular flexibility index (Phi) is 6.72. The van der Waals surface area contributed by atoms with E-state index in [0.717, 1.165) is 35.0 Å². The molecule has 0 aliphatic heterocycles. The second-order valence-corrected chi connectivity index (χ2v) is 7.73. The number of nitrogens with zero attached hydrogens (tertiary/aromatic N) is 3. The van der Waals surface area contributed by atoms with Gasteiger partial charge in [0.1, 0.15) is 24.7 Å². The molecular formula is C26H27N3O3. The molecule has 164 valence electrons. The molecule has 0 bridgehead atoms. The van der Waals surface area contributed by atoms with E-state index in [1.54, 1.807) is 21.5 Å². The lowest BCUT2D eigenvalue weighted by Crippen LogP contribution is -2.21. The standard InChI is InChI=1S/C26H27N3O3/c1-27(2)18-19-31-24-12-8-22(9-13-24)28-16-17-29(26(28)30)23-10-14-25(15-11-23)32-20-21-6-4-3-5-7-21/h3-17H,18-20H2,1-2H3. The maximum Gasteiger partial charge on any atom is 0.337 e. The predicted octanol–water partition coefficient (Wildman–Crippen LogP) is 4.15. The maximum absolute atomic E-state index is 13.0. The van der Waals surface area contributed by atoms with Crippen LogP contribution >= 0.6 is 0 Å². The van der Waals surface area contributed by atoms with Gasteiger partial charge in [0.15, 0.2) is 0 Å². The van der Waals surface area contributed by atoms with Crippen LogP contribution in [-0.4, -0.2) is 41.3 Å². The molecule has 0 spiro atoms. The van der Waals surface area contributed by atoms with E-state index in [2.05, 4.69) is 4.90 Å². The van der Waals surface area contributed by atoms with Crippen LogP contribution in [0.4, 0.5) is 0 Å². The topological polar surface area (TPSA) is 48.6 Å². The van der Waals surface area contributed by atoms with Gasteiger partial charge in [-0.25, -0.2) is 4.79 Å². The summed E-state index contributed by atoms with van der Waals surface area (Å²) in [5.74, 6) is 1.55. The molecule has 0 N–H and O–H groups in total. The van der Waals surface area contributed by atoms with Crippen molar-refractivity contribution in [1.82, 2.24) is 14.0 Å². The van der Waals surface area contributed by atoms with Crippen LogP contribution in [0.2, 0.25) is 0 Å². The van der Waals surface area contributed by atoms with Gasteiger partial charge in [-0.1, -0.05) is 30.3 Å². The summed E-state index contributed by atoms with van der Waals surface area (Å²) in [7, 11) is 4.02. The summed E-state index contributed by atoms with van der Waals surface area (Å²) >= 11 is 0. The molecule has 1 heterocycles. The molecule has 32 heavy (non-hydrogen) atoms. The fourth-order valence-electron chi connectivity index (χ4n) is 3.26. The average Bonchev–Trinajstić information content (AvgIpc) is 3.20. The van der Waals surface area contributed by atoms with E-state index in [-0.39, 0.29) is 5.69 Å². The number of aromatic nitrogens is 2. The van der Waals surface area contributed by atoms with Gasteiger partial charge >= 0.3 is 5.69 Å². The minimum atomic E-state index is -0.135. The number of ether oxygens (including phenoxy) is 2. The molecule has 1 aromatic heterocycles. The first-order valence-corrected chi connectivity index (χ1v) is 10.6. The molecule has 0 aliphatic rings. The van der Waals surface area contributed by atoms with Crippen LogP contribution in [0, 0.1) is 0 Å². The molecule has 0 saturated carbocycles. The molecule has 0 radical (unpaired) electrons. The Hall–Kier alpha value is -3.77. The number of likely N-dealkylation sites (N-methyl/N-ethyl adjacent to an activating group) is 1. The number of benzene rings is 3. The fourth-order valence-corrected chi connectivity index (χ4v) is 3.26. The normalized spacial score (nSPS) is 11.0. The number of imidazole rings is 1. The summed E-state index contributed by atoms with van der Waals surface area (Å²) in [4.78, 5) is 15.0. The molecule has 4 rings (SSSR count). The predicted molar refractivity (Wildman–Crippen MR) is 126 cm³/mol. The van der Waals surface area contributed by atoms with Crippen molar-refractivity contribution in [3.63, 3.8) is 0 Å². The van der Waals surface area contributed by atoms with Crippen molar-refractivity contribution in [2.45, 2.75) is 6.61 Å². The van der Waals surface area contributed by atoms with Crippen molar-refractivity contribution >= 4 is 0 Å². The van der Waals surface area contributed by atoms with Gasteiger partial charge in [0.2, 0.25) is 0 Å². The van der Waals surface area contributed by atoms with Crippen molar-refractivity contribution in [2.24, 2.45) is 0 Å². The lowest BCUT2D eigenvalue weighted by atomic mass is 10.2. The van der Waals surface area contributed by atoms with E-state index in [0.29, 0.717) is 13.2 Å². The van der Waals surface area contributed by atoms with Gasteiger partial charge in [0, 0.05) is 18.9 Å². The first-order valence-electron chi connectivity index (χ1n) is 10.6. The summed E-state index contributed by atoms with van der Waals surface area (Å²) in [6.45, 7) is 1.97. The zero-order valence-corrected chi connectivity index (χ0v) is 18.3. The number of rotatable bonds is 9. The molecule has 0 atom stereocenters. The van der Waals surface area contributed by atoms with Crippen molar-refractivity contribution in [2.75, 3.05) is 27.2 Å². The van der Waals surface area contributed by atoms with Crippen LogP contribution in [0.1, 0.15) is 5.56 Å². The third kappa shape index (κ3) is 5.28. The third-order valence-electron chi connectivity index (χ3n) is 5.06. The van der Waals surface area contributed by atoms with Gasteiger partial charge < -0.3 is 14.4 Å². The Morgan fingerprint density at radius 2 is 1.25 bits per heavy atom. The quantitative estimate of drug-likeness (QED) is 0.401. The molecule has 0 fully saturated rings. The van der Waals surface area contributed by atoms with Gasteiger partial charge in [0.05, 0.1) is 11.4 Å². The van der Waals surface area contributed by atoms with Crippen molar-refractivity contribution in [3.05, 3.63) is 107 Å². The molecule has 0 amide bonds. The minimum absolute atomic E-state index is 0.135. The summed E-state index contributed by atoms with van der Waals surface area (Å²) in [5.41, 5.74) is 2.55. The van der Waals surface area contributed by atoms with Crippen molar-refractivity contribution in [1.29, 1.82) is 0 Å². The van der Waals surface area contributed by atoms with E-state index < -0.39 is 0 Å². The van der Waals surface area contributed by atoms with Gasteiger partial charge in [-0.05, 0) is 68.2 Å². The highest BCUT2D eigenvalue weighted by molar-refractivity contribution is 5.40. The van der Waals surface area contributed by atoms with Crippen LogP contribution in [0.25, 0.3) is 11.4 Å². The SMILES string of the molecule is CN(C)CCOc1ccc(-n2ccn(-c3ccc(OCc4ccccc4)cc3)c2=O)cc1. The fraction of sp³-hybridized carbons (Fsp3) is 0.192. The molecule has 4 aromatic rings. The van der Waals surface area contributed by atoms with Gasteiger partial charge in [0.25, 0.3) is 0 Å². The molecule has 0 saturated heterocycles. The summed E-state index contributed by atoms with van der Waals surface area (Å²) in [6.07, 6.45) is 3.54. The van der Waals surface area contributed by atoms with E-state index in [9.17, 15) is 4.79 Å². The Morgan fingerprint density at radius 3 is 1.78 bits per heavy atom. The first-order chi connectivity index (χ1) is 15.6. The van der Waals surface area contributed by atoms with Crippen LogP contribution in [0.15, 0.2) is 96.1 Å².